The molecule has 2 atom stereocenters. The van der Waals surface area contributed by atoms with E-state index in [9.17, 15) is 13.6 Å². The van der Waals surface area contributed by atoms with Crippen molar-refractivity contribution in [2.24, 2.45) is 13.0 Å². The first-order valence-electron chi connectivity index (χ1n) is 8.61. The highest BCUT2D eigenvalue weighted by atomic mass is 19.1. The van der Waals surface area contributed by atoms with Gasteiger partial charge in [0, 0.05) is 12.4 Å². The van der Waals surface area contributed by atoms with Gasteiger partial charge in [0.2, 0.25) is 11.8 Å². The Bertz CT molecular complexity index is 1080. The van der Waals surface area contributed by atoms with Crippen LogP contribution >= 0.6 is 0 Å². The predicted molar refractivity (Wildman–Crippen MR) is 98.6 cm³/mol. The Morgan fingerprint density at radius 1 is 1.25 bits per heavy atom. The second-order valence-electron chi connectivity index (χ2n) is 6.59. The van der Waals surface area contributed by atoms with Crippen molar-refractivity contribution in [3.63, 3.8) is 0 Å². The van der Waals surface area contributed by atoms with Crippen molar-refractivity contribution in [3.05, 3.63) is 30.3 Å². The number of nitrogens with one attached hydrogen (secondary N) is 1. The van der Waals surface area contributed by atoms with Crippen LogP contribution in [-0.4, -0.2) is 40.8 Å². The Balaban J connectivity index is 1.78. The lowest BCUT2D eigenvalue weighted by Gasteiger charge is -2.13. The highest BCUT2D eigenvalue weighted by Gasteiger charge is 2.43. The summed E-state index contributed by atoms with van der Waals surface area (Å²) in [6, 6.07) is 3.47. The number of pyridine rings is 2. The van der Waals surface area contributed by atoms with Gasteiger partial charge in [0.05, 0.1) is 43.7 Å². The molecule has 0 spiro atoms. The second kappa shape index (κ2) is 6.74. The summed E-state index contributed by atoms with van der Waals surface area (Å²) < 4.78 is 39.6. The van der Waals surface area contributed by atoms with Crippen LogP contribution < -0.4 is 14.8 Å². The highest BCUT2D eigenvalue weighted by molar-refractivity contribution is 5.96. The molecule has 4 rings (SSSR count). The zero-order valence-electron chi connectivity index (χ0n) is 15.5. The first-order valence-corrected chi connectivity index (χ1v) is 8.61. The molecule has 1 aliphatic rings. The number of hydrogen-bond acceptors (Lipinski definition) is 5. The minimum atomic E-state index is -1.08. The molecule has 0 saturated heterocycles. The average Bonchev–Trinajstić information content (AvgIpc) is 3.33. The first-order chi connectivity index (χ1) is 13.4. The summed E-state index contributed by atoms with van der Waals surface area (Å²) in [5, 5.41) is 3.38. The third-order valence-corrected chi connectivity index (χ3v) is 4.84. The molecule has 146 valence electrons. The molecule has 0 bridgehead atoms. The molecule has 3 aromatic heterocycles. The summed E-state index contributed by atoms with van der Waals surface area (Å²) in [7, 11) is 4.60. The van der Waals surface area contributed by atoms with Gasteiger partial charge in [-0.15, -0.1) is 0 Å². The van der Waals surface area contributed by atoms with Crippen molar-refractivity contribution in [2.75, 3.05) is 19.5 Å². The molecule has 2 unspecified atom stereocenters. The summed E-state index contributed by atoms with van der Waals surface area (Å²) in [4.78, 5) is 20.1. The molecule has 3 heterocycles. The van der Waals surface area contributed by atoms with E-state index in [0.717, 1.165) is 17.1 Å². The van der Waals surface area contributed by atoms with Crippen LogP contribution in [0.4, 0.5) is 14.6 Å². The minimum absolute atomic E-state index is 0.0157. The average molecular weight is 388 g/mol. The second-order valence-corrected chi connectivity index (χ2v) is 6.59. The van der Waals surface area contributed by atoms with Gasteiger partial charge in [0.25, 0.3) is 0 Å². The molecule has 0 radical (unpaired) electrons. The highest BCUT2D eigenvalue weighted by Crippen LogP contribution is 2.41. The Morgan fingerprint density at radius 3 is 2.64 bits per heavy atom. The van der Waals surface area contributed by atoms with Crippen LogP contribution in [0.25, 0.3) is 22.2 Å². The molecule has 1 aliphatic carbocycles. The Hall–Kier alpha value is -3.23. The molecule has 0 aliphatic heterocycles. The SMILES string of the molecule is COc1ncc(F)c(OC)c1-c1cc2cc(NC(=O)C3CC3F)ncc2n1C. The molecular formula is C19H18F2N4O3. The summed E-state index contributed by atoms with van der Waals surface area (Å²) in [5.41, 5.74) is 1.72. The van der Waals surface area contributed by atoms with E-state index in [2.05, 4.69) is 15.3 Å². The van der Waals surface area contributed by atoms with Crippen molar-refractivity contribution in [1.29, 1.82) is 0 Å². The van der Waals surface area contributed by atoms with E-state index in [4.69, 9.17) is 9.47 Å². The zero-order chi connectivity index (χ0) is 20.0. The minimum Gasteiger partial charge on any atom is -0.493 e. The smallest absolute Gasteiger partial charge is 0.231 e. The number of anilines is 1. The standard InChI is InChI=1S/C19H18F2N4O3/c1-25-13(16-17(27-2)12(21)7-23-19(16)28-3)4-9-5-15(22-8-14(9)25)24-18(26)10-6-11(10)20/h4-5,7-8,10-11H,6H2,1-3H3,(H,22,24,26). The number of nitrogens with zero attached hydrogens (tertiary/aromatic N) is 3. The maximum atomic E-state index is 14.2. The quantitative estimate of drug-likeness (QED) is 0.727. The molecule has 9 heteroatoms. The van der Waals surface area contributed by atoms with Crippen LogP contribution in [0.2, 0.25) is 0 Å². The van der Waals surface area contributed by atoms with Gasteiger partial charge in [-0.1, -0.05) is 0 Å². The number of halogens is 2. The number of rotatable bonds is 5. The molecule has 7 nitrogen and oxygen atoms in total. The van der Waals surface area contributed by atoms with E-state index < -0.39 is 17.9 Å². The topological polar surface area (TPSA) is 78.3 Å². The Labute approximate surface area is 159 Å². The van der Waals surface area contributed by atoms with E-state index in [1.807, 2.05) is 0 Å². The van der Waals surface area contributed by atoms with E-state index in [0.29, 0.717) is 17.1 Å². The molecule has 1 amide bonds. The number of alkyl halides is 1. The van der Waals surface area contributed by atoms with Crippen molar-refractivity contribution in [3.8, 4) is 22.9 Å². The van der Waals surface area contributed by atoms with Crippen molar-refractivity contribution >= 4 is 22.6 Å². The summed E-state index contributed by atoms with van der Waals surface area (Å²) >= 11 is 0. The van der Waals surface area contributed by atoms with Gasteiger partial charge in [-0.2, -0.15) is 0 Å². The largest absolute Gasteiger partial charge is 0.493 e. The molecule has 1 saturated carbocycles. The van der Waals surface area contributed by atoms with Crippen molar-refractivity contribution in [1.82, 2.24) is 14.5 Å². The van der Waals surface area contributed by atoms with Gasteiger partial charge in [0.15, 0.2) is 11.6 Å². The number of fused-ring (bicyclic) bond motifs is 1. The van der Waals surface area contributed by atoms with Crippen LogP contribution in [0.5, 0.6) is 11.6 Å². The molecule has 1 N–H and O–H groups in total. The third kappa shape index (κ3) is 2.92. The Morgan fingerprint density at radius 2 is 2.00 bits per heavy atom. The maximum Gasteiger partial charge on any atom is 0.231 e. The Kier molecular flexibility index (Phi) is 4.37. The molecular weight excluding hydrogens is 370 g/mol. The van der Waals surface area contributed by atoms with E-state index >= 15 is 0 Å². The fraction of sp³-hybridized carbons (Fsp3) is 0.316. The number of carbonyl (C=O) groups is 1. The van der Waals surface area contributed by atoms with Gasteiger partial charge in [-0.25, -0.2) is 18.7 Å². The number of aromatic nitrogens is 3. The number of carbonyl (C=O) groups excluding carboxylic acids is 1. The van der Waals surface area contributed by atoms with E-state index in [1.165, 1.54) is 14.2 Å². The monoisotopic (exact) mass is 388 g/mol. The summed E-state index contributed by atoms with van der Waals surface area (Å²) in [6.45, 7) is 0. The number of hydrogen-bond donors (Lipinski definition) is 1. The normalized spacial score (nSPS) is 18.2. The number of methoxy groups -OCH3 is 2. The molecule has 3 aromatic rings. The van der Waals surface area contributed by atoms with Crippen LogP contribution in [0, 0.1) is 11.7 Å². The lowest BCUT2D eigenvalue weighted by atomic mass is 10.1. The molecule has 1 fully saturated rings. The van der Waals surface area contributed by atoms with Gasteiger partial charge in [-0.05, 0) is 18.6 Å². The predicted octanol–water partition coefficient (Wildman–Crippen LogP) is 3.09. The maximum absolute atomic E-state index is 14.2. The summed E-state index contributed by atoms with van der Waals surface area (Å²) in [5.74, 6) is -1.04. The zero-order valence-corrected chi connectivity index (χ0v) is 15.5. The van der Waals surface area contributed by atoms with Crippen molar-refractivity contribution < 1.29 is 23.0 Å². The van der Waals surface area contributed by atoms with Gasteiger partial charge < -0.3 is 19.4 Å². The van der Waals surface area contributed by atoms with Crippen LogP contribution in [0.15, 0.2) is 24.5 Å². The number of ether oxygens (including phenoxy) is 2. The van der Waals surface area contributed by atoms with E-state index in [1.54, 1.807) is 29.9 Å². The van der Waals surface area contributed by atoms with Crippen LogP contribution in [-0.2, 0) is 11.8 Å². The van der Waals surface area contributed by atoms with E-state index in [-0.39, 0.29) is 24.0 Å². The van der Waals surface area contributed by atoms with Gasteiger partial charge in [-0.3, -0.25) is 4.79 Å². The van der Waals surface area contributed by atoms with Crippen LogP contribution in [0.3, 0.4) is 0 Å². The number of aryl methyl sites for hydroxylation is 1. The first kappa shape index (κ1) is 18.1. The van der Waals surface area contributed by atoms with Crippen molar-refractivity contribution in [2.45, 2.75) is 12.6 Å². The lowest BCUT2D eigenvalue weighted by Crippen LogP contribution is -2.15. The third-order valence-electron chi connectivity index (χ3n) is 4.84. The van der Waals surface area contributed by atoms with Gasteiger partial charge >= 0.3 is 0 Å². The fourth-order valence-corrected chi connectivity index (χ4v) is 3.23. The lowest BCUT2D eigenvalue weighted by molar-refractivity contribution is -0.117. The number of amides is 1. The molecule has 0 aromatic carbocycles. The van der Waals surface area contributed by atoms with Crippen LogP contribution in [0.1, 0.15) is 6.42 Å². The van der Waals surface area contributed by atoms with Gasteiger partial charge in [0.1, 0.15) is 17.6 Å². The molecule has 28 heavy (non-hydrogen) atoms. The summed E-state index contributed by atoms with van der Waals surface area (Å²) in [6.07, 6.45) is 1.79. The fourth-order valence-electron chi connectivity index (χ4n) is 3.23.